The molecule has 0 spiro atoms. The van der Waals surface area contributed by atoms with Gasteiger partial charge in [-0.25, -0.2) is 15.0 Å². The van der Waals surface area contributed by atoms with Crippen LogP contribution in [0.5, 0.6) is 0 Å². The van der Waals surface area contributed by atoms with Crippen molar-refractivity contribution in [3.05, 3.63) is 41.1 Å². The molecule has 0 aliphatic carbocycles. The zero-order valence-corrected chi connectivity index (χ0v) is 6.64. The van der Waals surface area contributed by atoms with Crippen molar-refractivity contribution in [2.24, 2.45) is 0 Å². The fourth-order valence-electron chi connectivity index (χ4n) is 0.905. The van der Waals surface area contributed by atoms with Gasteiger partial charge < -0.3 is 4.98 Å². The summed E-state index contributed by atoms with van der Waals surface area (Å²) in [4.78, 5) is 25.3. The molecule has 2 aromatic heterocycles. The van der Waals surface area contributed by atoms with Gasteiger partial charge in [-0.15, -0.1) is 0 Å². The molecule has 2 rings (SSSR count). The molecule has 0 aliphatic rings. The first kappa shape index (κ1) is 7.60. The van der Waals surface area contributed by atoms with Crippen LogP contribution in [0.1, 0.15) is 0 Å². The number of H-pyrrole nitrogens is 1. The van der Waals surface area contributed by atoms with E-state index in [-0.39, 0.29) is 5.56 Å². The summed E-state index contributed by atoms with van der Waals surface area (Å²) in [6.07, 6.45) is 4.61. The Hall–Kier alpha value is -2.04. The number of nitrogens with one attached hydrogen (secondary N) is 1. The SMILES string of the molecule is O=c1ccnc(-c2ncccn2)[nH]1. The van der Waals surface area contributed by atoms with Gasteiger partial charge in [-0.3, -0.25) is 4.79 Å². The molecule has 2 aromatic rings. The van der Waals surface area contributed by atoms with E-state index >= 15 is 0 Å². The predicted molar refractivity (Wildman–Crippen MR) is 45.9 cm³/mol. The van der Waals surface area contributed by atoms with E-state index in [1.165, 1.54) is 12.3 Å². The second kappa shape index (κ2) is 3.14. The number of aromatic amines is 1. The van der Waals surface area contributed by atoms with Crippen LogP contribution in [0.4, 0.5) is 0 Å². The van der Waals surface area contributed by atoms with Crippen molar-refractivity contribution in [3.63, 3.8) is 0 Å². The number of aromatic nitrogens is 4. The number of hydrogen-bond donors (Lipinski definition) is 1. The number of hydrogen-bond acceptors (Lipinski definition) is 4. The van der Waals surface area contributed by atoms with Crippen molar-refractivity contribution in [2.45, 2.75) is 0 Å². The molecular formula is C8H6N4O. The molecule has 0 amide bonds. The monoisotopic (exact) mass is 174 g/mol. The lowest BCUT2D eigenvalue weighted by Crippen LogP contribution is -2.07. The minimum absolute atomic E-state index is 0.211. The molecule has 13 heavy (non-hydrogen) atoms. The first-order valence-corrected chi connectivity index (χ1v) is 3.69. The largest absolute Gasteiger partial charge is 0.304 e. The Balaban J connectivity index is 2.54. The van der Waals surface area contributed by atoms with Gasteiger partial charge >= 0.3 is 0 Å². The lowest BCUT2D eigenvalue weighted by molar-refractivity contribution is 1.06. The second-order valence-electron chi connectivity index (χ2n) is 2.36. The topological polar surface area (TPSA) is 71.5 Å². The molecule has 0 unspecified atom stereocenters. The minimum Gasteiger partial charge on any atom is -0.304 e. The average Bonchev–Trinajstić information content (AvgIpc) is 2.19. The van der Waals surface area contributed by atoms with Crippen molar-refractivity contribution >= 4 is 0 Å². The fourth-order valence-corrected chi connectivity index (χ4v) is 0.905. The van der Waals surface area contributed by atoms with Gasteiger partial charge in [-0.1, -0.05) is 0 Å². The number of rotatable bonds is 1. The highest BCUT2D eigenvalue weighted by molar-refractivity contribution is 5.40. The van der Waals surface area contributed by atoms with Crippen molar-refractivity contribution < 1.29 is 0 Å². The molecule has 0 bridgehead atoms. The molecule has 0 aromatic carbocycles. The van der Waals surface area contributed by atoms with Gasteiger partial charge in [0.25, 0.3) is 5.56 Å². The van der Waals surface area contributed by atoms with Crippen LogP contribution in [0.2, 0.25) is 0 Å². The van der Waals surface area contributed by atoms with Gasteiger partial charge in [0.2, 0.25) is 0 Å². The molecule has 64 valence electrons. The maximum absolute atomic E-state index is 10.9. The quantitative estimate of drug-likeness (QED) is 0.671. The van der Waals surface area contributed by atoms with Gasteiger partial charge in [-0.2, -0.15) is 0 Å². The van der Waals surface area contributed by atoms with Gasteiger partial charge in [0.05, 0.1) is 0 Å². The summed E-state index contributed by atoms with van der Waals surface area (Å²) in [5, 5.41) is 0. The summed E-state index contributed by atoms with van der Waals surface area (Å²) >= 11 is 0. The minimum atomic E-state index is -0.211. The molecule has 0 fully saturated rings. The molecular weight excluding hydrogens is 168 g/mol. The average molecular weight is 174 g/mol. The molecule has 1 N–H and O–H groups in total. The van der Waals surface area contributed by atoms with Crippen LogP contribution in [-0.2, 0) is 0 Å². The molecule has 0 atom stereocenters. The van der Waals surface area contributed by atoms with Crippen molar-refractivity contribution in [1.29, 1.82) is 0 Å². The third kappa shape index (κ3) is 1.58. The van der Waals surface area contributed by atoms with Gasteiger partial charge in [0, 0.05) is 24.7 Å². The maximum Gasteiger partial charge on any atom is 0.251 e. The third-order valence-corrected chi connectivity index (χ3v) is 1.45. The Morgan fingerprint density at radius 1 is 1.08 bits per heavy atom. The van der Waals surface area contributed by atoms with Crippen molar-refractivity contribution in [2.75, 3.05) is 0 Å². The van der Waals surface area contributed by atoms with Crippen molar-refractivity contribution in [3.8, 4) is 11.6 Å². The lowest BCUT2D eigenvalue weighted by atomic mass is 10.5. The summed E-state index contributed by atoms with van der Waals surface area (Å²) in [7, 11) is 0. The lowest BCUT2D eigenvalue weighted by Gasteiger charge is -1.95. The van der Waals surface area contributed by atoms with Crippen LogP contribution in [0.15, 0.2) is 35.5 Å². The molecule has 5 nitrogen and oxygen atoms in total. The van der Waals surface area contributed by atoms with E-state index in [1.54, 1.807) is 18.5 Å². The molecule has 0 radical (unpaired) electrons. The van der Waals surface area contributed by atoms with Gasteiger partial charge in [0.15, 0.2) is 11.6 Å². The fraction of sp³-hybridized carbons (Fsp3) is 0. The molecule has 0 aliphatic heterocycles. The van der Waals surface area contributed by atoms with E-state index in [0.29, 0.717) is 11.6 Å². The Morgan fingerprint density at radius 2 is 1.85 bits per heavy atom. The summed E-state index contributed by atoms with van der Waals surface area (Å²) in [5.41, 5.74) is -0.211. The standard InChI is InChI=1S/C8H6N4O/c13-6-2-5-11-8(12-6)7-9-3-1-4-10-7/h1-5H,(H,11,12,13). The normalized spacial score (nSPS) is 9.85. The van der Waals surface area contributed by atoms with E-state index in [2.05, 4.69) is 19.9 Å². The van der Waals surface area contributed by atoms with Crippen LogP contribution in [0.3, 0.4) is 0 Å². The molecule has 5 heteroatoms. The van der Waals surface area contributed by atoms with Crippen molar-refractivity contribution in [1.82, 2.24) is 19.9 Å². The van der Waals surface area contributed by atoms with Gasteiger partial charge in [-0.05, 0) is 6.07 Å². The highest BCUT2D eigenvalue weighted by Crippen LogP contribution is 2.02. The van der Waals surface area contributed by atoms with E-state index in [9.17, 15) is 4.79 Å². The molecule has 0 saturated carbocycles. The Kier molecular flexibility index (Phi) is 1.84. The second-order valence-corrected chi connectivity index (χ2v) is 2.36. The predicted octanol–water partition coefficient (Wildman–Crippen LogP) is 0.227. The summed E-state index contributed by atoms with van der Waals surface area (Å²) in [5.74, 6) is 0.799. The summed E-state index contributed by atoms with van der Waals surface area (Å²) < 4.78 is 0. The first-order chi connectivity index (χ1) is 6.36. The summed E-state index contributed by atoms with van der Waals surface area (Å²) in [6.45, 7) is 0. The zero-order chi connectivity index (χ0) is 9.10. The van der Waals surface area contributed by atoms with Crippen LogP contribution < -0.4 is 5.56 Å². The number of nitrogens with zero attached hydrogens (tertiary/aromatic N) is 3. The Labute approximate surface area is 73.5 Å². The van der Waals surface area contributed by atoms with Gasteiger partial charge in [0.1, 0.15) is 0 Å². The maximum atomic E-state index is 10.9. The summed E-state index contributed by atoms with van der Waals surface area (Å²) in [6, 6.07) is 3.04. The van der Waals surface area contributed by atoms with Crippen LogP contribution in [-0.4, -0.2) is 19.9 Å². The zero-order valence-electron chi connectivity index (χ0n) is 6.64. The molecule has 0 saturated heterocycles. The van der Waals surface area contributed by atoms with E-state index in [4.69, 9.17) is 0 Å². The third-order valence-electron chi connectivity index (χ3n) is 1.45. The highest BCUT2D eigenvalue weighted by atomic mass is 16.1. The smallest absolute Gasteiger partial charge is 0.251 e. The molecule has 2 heterocycles. The Bertz CT molecular complexity index is 451. The van der Waals surface area contributed by atoms with E-state index in [0.717, 1.165) is 0 Å². The van der Waals surface area contributed by atoms with E-state index < -0.39 is 0 Å². The highest BCUT2D eigenvalue weighted by Gasteiger charge is 2.00. The van der Waals surface area contributed by atoms with E-state index in [1.807, 2.05) is 0 Å². The first-order valence-electron chi connectivity index (χ1n) is 3.69. The Morgan fingerprint density at radius 3 is 2.54 bits per heavy atom. The van der Waals surface area contributed by atoms with Crippen LogP contribution >= 0.6 is 0 Å². The van der Waals surface area contributed by atoms with Crippen LogP contribution in [0, 0.1) is 0 Å². The van der Waals surface area contributed by atoms with Crippen LogP contribution in [0.25, 0.3) is 11.6 Å².